The number of carbonyl (C=O) groups is 1. The second-order valence-electron chi connectivity index (χ2n) is 5.00. The molecule has 1 N–H and O–H groups in total. The minimum atomic E-state index is -4.73. The molecule has 25 heavy (non-hydrogen) atoms. The molecule has 0 bridgehead atoms. The first-order chi connectivity index (χ1) is 11.7. The van der Waals surface area contributed by atoms with E-state index in [1.54, 1.807) is 12.3 Å². The lowest BCUT2D eigenvalue weighted by Crippen LogP contribution is -2.17. The highest BCUT2D eigenvalue weighted by Gasteiger charge is 2.30. The Morgan fingerprint density at radius 2 is 1.88 bits per heavy atom. The number of anilines is 1. The van der Waals surface area contributed by atoms with Gasteiger partial charge in [-0.15, -0.1) is 24.5 Å². The van der Waals surface area contributed by atoms with Gasteiger partial charge in [0.1, 0.15) is 10.6 Å². The number of ether oxygens (including phenoxy) is 2. The lowest BCUT2D eigenvalue weighted by molar-refractivity contribution is -0.274. The van der Waals surface area contributed by atoms with Crippen molar-refractivity contribution in [3.63, 3.8) is 0 Å². The monoisotopic (exact) mass is 372 g/mol. The van der Waals surface area contributed by atoms with Gasteiger partial charge in [-0.05, 0) is 54.6 Å². The zero-order valence-electron chi connectivity index (χ0n) is 13.6. The van der Waals surface area contributed by atoms with Crippen molar-refractivity contribution in [1.29, 1.82) is 0 Å². The van der Waals surface area contributed by atoms with Gasteiger partial charge in [-0.2, -0.15) is 5.10 Å². The Bertz CT molecular complexity index is 783. The molecule has 5 nitrogen and oxygen atoms in total. The fourth-order valence-electron chi connectivity index (χ4n) is 1.93. The minimum absolute atomic E-state index is 0.307. The molecule has 1 aromatic heterocycles. The van der Waals surface area contributed by atoms with Crippen molar-refractivity contribution >= 4 is 28.7 Å². The fraction of sp³-hybridized carbons (Fsp3) is 0.250. The van der Waals surface area contributed by atoms with Crippen LogP contribution < -0.4 is 10.2 Å². The Labute approximate surface area is 146 Å². The Morgan fingerprint density at radius 1 is 1.24 bits per heavy atom. The van der Waals surface area contributed by atoms with E-state index in [-0.39, 0.29) is 5.75 Å². The van der Waals surface area contributed by atoms with Crippen LogP contribution in [0, 0.1) is 6.92 Å². The van der Waals surface area contributed by atoms with Crippen molar-refractivity contribution in [3.05, 3.63) is 45.6 Å². The molecule has 0 saturated heterocycles. The van der Waals surface area contributed by atoms with E-state index >= 15 is 0 Å². The third-order valence-electron chi connectivity index (χ3n) is 3.19. The maximum absolute atomic E-state index is 12.2. The molecule has 9 heteroatoms. The molecule has 2 aromatic rings. The van der Waals surface area contributed by atoms with Crippen LogP contribution in [-0.4, -0.2) is 25.2 Å². The molecule has 2 rings (SSSR count). The lowest BCUT2D eigenvalue weighted by Gasteiger charge is -2.09. The van der Waals surface area contributed by atoms with Crippen molar-refractivity contribution in [2.75, 3.05) is 12.5 Å². The van der Waals surface area contributed by atoms with Crippen molar-refractivity contribution in [2.45, 2.75) is 20.2 Å². The number of benzene rings is 1. The molecular weight excluding hydrogens is 357 g/mol. The molecule has 0 saturated carbocycles. The number of halogens is 3. The summed E-state index contributed by atoms with van der Waals surface area (Å²) in [4.78, 5) is 12.1. The van der Waals surface area contributed by atoms with Crippen LogP contribution in [0.5, 0.6) is 5.75 Å². The van der Waals surface area contributed by atoms with Gasteiger partial charge in [0.05, 0.1) is 18.5 Å². The van der Waals surface area contributed by atoms with Crippen molar-refractivity contribution < 1.29 is 27.4 Å². The largest absolute Gasteiger partial charge is 0.573 e. The molecule has 1 heterocycles. The topological polar surface area (TPSA) is 59.9 Å². The van der Waals surface area contributed by atoms with Crippen molar-refractivity contribution in [2.24, 2.45) is 5.10 Å². The van der Waals surface area contributed by atoms with Gasteiger partial charge in [0.25, 0.3) is 0 Å². The van der Waals surface area contributed by atoms with Gasteiger partial charge >= 0.3 is 12.3 Å². The van der Waals surface area contributed by atoms with Crippen LogP contribution in [0.3, 0.4) is 0 Å². The fourth-order valence-corrected chi connectivity index (χ4v) is 2.84. The number of rotatable bonds is 5. The smallest absolute Gasteiger partial charge is 0.465 e. The van der Waals surface area contributed by atoms with E-state index in [1.165, 1.54) is 42.7 Å². The van der Waals surface area contributed by atoms with Gasteiger partial charge in [-0.1, -0.05) is 0 Å². The number of nitrogens with one attached hydrogen (secondary N) is 1. The van der Waals surface area contributed by atoms with E-state index in [9.17, 15) is 18.0 Å². The molecule has 0 amide bonds. The highest BCUT2D eigenvalue weighted by molar-refractivity contribution is 7.12. The number of carbonyl (C=O) groups excluding carboxylic acids is 1. The van der Waals surface area contributed by atoms with E-state index in [0.29, 0.717) is 21.8 Å². The van der Waals surface area contributed by atoms with Gasteiger partial charge in [0.15, 0.2) is 0 Å². The highest BCUT2D eigenvalue weighted by Crippen LogP contribution is 2.28. The molecule has 0 radical (unpaired) electrons. The number of hydrogen-bond donors (Lipinski definition) is 1. The van der Waals surface area contributed by atoms with Crippen LogP contribution in [0.25, 0.3) is 0 Å². The summed E-state index contributed by atoms with van der Waals surface area (Å²) in [6.07, 6.45) is -4.73. The number of hydrogen-bond acceptors (Lipinski definition) is 6. The molecule has 0 aliphatic rings. The number of hydrazone groups is 1. The summed E-state index contributed by atoms with van der Waals surface area (Å²) in [7, 11) is 1.29. The number of aryl methyl sites for hydroxylation is 1. The predicted molar refractivity (Wildman–Crippen MR) is 89.4 cm³/mol. The van der Waals surface area contributed by atoms with Gasteiger partial charge in [-0.3, -0.25) is 5.43 Å². The normalized spacial score (nSPS) is 12.0. The molecule has 0 spiro atoms. The number of esters is 1. The van der Waals surface area contributed by atoms with Crippen LogP contribution in [0.4, 0.5) is 18.9 Å². The van der Waals surface area contributed by atoms with E-state index in [2.05, 4.69) is 15.3 Å². The van der Waals surface area contributed by atoms with Gasteiger partial charge < -0.3 is 9.47 Å². The number of nitrogens with zero attached hydrogens (tertiary/aromatic N) is 1. The first-order valence-corrected chi connectivity index (χ1v) is 7.92. The number of methoxy groups -OCH3 is 1. The Hall–Kier alpha value is -2.55. The van der Waals surface area contributed by atoms with Gasteiger partial charge in [-0.25, -0.2) is 4.79 Å². The summed E-state index contributed by atoms with van der Waals surface area (Å²) in [6, 6.07) is 5.34. The average Bonchev–Trinajstić information content (AvgIpc) is 2.92. The first kappa shape index (κ1) is 18.8. The molecule has 0 aliphatic heterocycles. The standard InChI is InChI=1S/C16H15F3N2O3S/c1-9-8-25-14(15(22)23-3)13(9)21-20-10(2)11-4-6-12(7-5-11)24-16(17,18)19/h4-8,21H,1-3H3/b20-10+. The maximum Gasteiger partial charge on any atom is 0.573 e. The van der Waals surface area contributed by atoms with Crippen LogP contribution in [0.1, 0.15) is 27.7 Å². The quantitative estimate of drug-likeness (QED) is 0.474. The zero-order valence-corrected chi connectivity index (χ0v) is 14.4. The third kappa shape index (κ3) is 4.96. The van der Waals surface area contributed by atoms with E-state index < -0.39 is 12.3 Å². The summed E-state index contributed by atoms with van der Waals surface area (Å²) in [5, 5.41) is 5.98. The summed E-state index contributed by atoms with van der Waals surface area (Å²) in [5.41, 5.74) is 5.31. The average molecular weight is 372 g/mol. The summed E-state index contributed by atoms with van der Waals surface area (Å²) in [6.45, 7) is 3.51. The zero-order chi connectivity index (χ0) is 18.6. The highest BCUT2D eigenvalue weighted by atomic mass is 32.1. The van der Waals surface area contributed by atoms with Crippen molar-refractivity contribution in [3.8, 4) is 5.75 Å². The summed E-state index contributed by atoms with van der Waals surface area (Å²) >= 11 is 1.23. The number of alkyl halides is 3. The second-order valence-corrected chi connectivity index (χ2v) is 5.88. The lowest BCUT2D eigenvalue weighted by atomic mass is 10.1. The minimum Gasteiger partial charge on any atom is -0.465 e. The van der Waals surface area contributed by atoms with Crippen LogP contribution in [0.2, 0.25) is 0 Å². The third-order valence-corrected chi connectivity index (χ3v) is 4.26. The van der Waals surface area contributed by atoms with E-state index in [1.807, 2.05) is 6.92 Å². The molecule has 0 atom stereocenters. The molecule has 0 aliphatic carbocycles. The molecule has 1 aromatic carbocycles. The van der Waals surface area contributed by atoms with Gasteiger partial charge in [0.2, 0.25) is 0 Å². The Morgan fingerprint density at radius 3 is 2.44 bits per heavy atom. The molecular formula is C16H15F3N2O3S. The Kier molecular flexibility index (Phi) is 5.68. The van der Waals surface area contributed by atoms with Gasteiger partial charge in [0, 0.05) is 0 Å². The van der Waals surface area contributed by atoms with Crippen LogP contribution in [0.15, 0.2) is 34.7 Å². The van der Waals surface area contributed by atoms with E-state index in [4.69, 9.17) is 4.74 Å². The summed E-state index contributed by atoms with van der Waals surface area (Å²) < 4.78 is 45.0. The summed E-state index contributed by atoms with van der Waals surface area (Å²) in [5.74, 6) is -0.777. The van der Waals surface area contributed by atoms with Crippen LogP contribution >= 0.6 is 11.3 Å². The van der Waals surface area contributed by atoms with Crippen molar-refractivity contribution in [1.82, 2.24) is 0 Å². The molecule has 134 valence electrons. The second kappa shape index (κ2) is 7.56. The SMILES string of the molecule is COC(=O)c1scc(C)c1N/N=C(\C)c1ccc(OC(F)(F)F)cc1. The predicted octanol–water partition coefficient (Wildman–Crippen LogP) is 4.58. The Balaban J connectivity index is 2.15. The van der Waals surface area contributed by atoms with Crippen LogP contribution in [-0.2, 0) is 4.74 Å². The molecule has 0 unspecified atom stereocenters. The first-order valence-electron chi connectivity index (χ1n) is 7.04. The molecule has 0 fully saturated rings. The maximum atomic E-state index is 12.2. The van der Waals surface area contributed by atoms with E-state index in [0.717, 1.165) is 5.56 Å². The number of thiophene rings is 1.